The van der Waals surface area contributed by atoms with Crippen LogP contribution in [0.5, 0.6) is 0 Å². The van der Waals surface area contributed by atoms with Crippen molar-refractivity contribution in [2.75, 3.05) is 4.90 Å². The first-order chi connectivity index (χ1) is 10.0. The van der Waals surface area contributed by atoms with Crippen molar-refractivity contribution < 1.29 is 4.92 Å². The highest BCUT2D eigenvalue weighted by atomic mass is 79.9. The molecule has 0 radical (unpaired) electrons. The molecule has 1 aliphatic rings. The molecule has 21 heavy (non-hydrogen) atoms. The van der Waals surface area contributed by atoms with E-state index >= 15 is 0 Å². The molecule has 0 saturated heterocycles. The highest BCUT2D eigenvalue weighted by molar-refractivity contribution is 9.10. The molecule has 1 unspecified atom stereocenters. The fraction of sp³-hybridized carbons (Fsp3) is 0.250. The van der Waals surface area contributed by atoms with Crippen LogP contribution in [0.3, 0.4) is 0 Å². The van der Waals surface area contributed by atoms with Gasteiger partial charge < -0.3 is 4.90 Å². The molecule has 0 bridgehead atoms. The van der Waals surface area contributed by atoms with Crippen molar-refractivity contribution in [1.82, 2.24) is 0 Å². The molecule has 0 amide bonds. The van der Waals surface area contributed by atoms with Crippen molar-refractivity contribution in [3.8, 4) is 0 Å². The van der Waals surface area contributed by atoms with Gasteiger partial charge in [0, 0.05) is 16.6 Å². The van der Waals surface area contributed by atoms with Crippen molar-refractivity contribution in [2.24, 2.45) is 0 Å². The van der Waals surface area contributed by atoms with Gasteiger partial charge in [0.2, 0.25) is 0 Å². The normalized spacial score (nSPS) is 16.9. The number of benzene rings is 2. The van der Waals surface area contributed by atoms with Crippen LogP contribution in [0.15, 0.2) is 40.9 Å². The van der Waals surface area contributed by atoms with Gasteiger partial charge >= 0.3 is 0 Å². The van der Waals surface area contributed by atoms with Crippen LogP contribution in [-0.4, -0.2) is 4.92 Å². The Morgan fingerprint density at radius 1 is 1.29 bits per heavy atom. The Balaban J connectivity index is 2.11. The summed E-state index contributed by atoms with van der Waals surface area (Å²) in [5, 5.41) is 11.5. The molecular weight excluding hydrogens is 332 g/mol. The fourth-order valence-electron chi connectivity index (χ4n) is 2.99. The van der Waals surface area contributed by atoms with E-state index in [0.717, 1.165) is 4.47 Å². The molecule has 3 rings (SSSR count). The Morgan fingerprint density at radius 3 is 2.67 bits per heavy atom. The van der Waals surface area contributed by atoms with Crippen molar-refractivity contribution >= 4 is 27.3 Å². The van der Waals surface area contributed by atoms with Crippen molar-refractivity contribution in [3.63, 3.8) is 0 Å². The Labute approximate surface area is 131 Å². The number of halogens is 1. The van der Waals surface area contributed by atoms with E-state index in [-0.39, 0.29) is 16.7 Å². The zero-order chi connectivity index (χ0) is 15.1. The lowest BCUT2D eigenvalue weighted by Crippen LogP contribution is -2.20. The summed E-state index contributed by atoms with van der Waals surface area (Å²) in [6.07, 6.45) is 0. The number of nitrogens with zero attached hydrogens (tertiary/aromatic N) is 2. The molecule has 5 heteroatoms. The largest absolute Gasteiger partial charge is 0.355 e. The Morgan fingerprint density at radius 2 is 2.00 bits per heavy atom. The molecule has 0 spiro atoms. The highest BCUT2D eigenvalue weighted by Crippen LogP contribution is 2.43. The highest BCUT2D eigenvalue weighted by Gasteiger charge is 2.32. The minimum Gasteiger partial charge on any atom is -0.355 e. The average Bonchev–Trinajstić information content (AvgIpc) is 2.79. The Kier molecular flexibility index (Phi) is 3.45. The third-order valence-electron chi connectivity index (χ3n) is 4.15. The van der Waals surface area contributed by atoms with Crippen molar-refractivity contribution in [3.05, 3.63) is 67.7 Å². The van der Waals surface area contributed by atoms with Crippen LogP contribution >= 0.6 is 15.9 Å². The molecule has 2 aromatic rings. The molecule has 0 saturated carbocycles. The van der Waals surface area contributed by atoms with Gasteiger partial charge in [-0.3, -0.25) is 10.1 Å². The summed E-state index contributed by atoms with van der Waals surface area (Å²) in [7, 11) is 0. The second-order valence-corrected chi connectivity index (χ2v) is 6.15. The van der Waals surface area contributed by atoms with Gasteiger partial charge in [-0.05, 0) is 37.1 Å². The second kappa shape index (κ2) is 5.15. The molecule has 1 aliphatic heterocycles. The van der Waals surface area contributed by atoms with Gasteiger partial charge in [-0.25, -0.2) is 0 Å². The van der Waals surface area contributed by atoms with Crippen LogP contribution in [0, 0.1) is 17.0 Å². The molecule has 108 valence electrons. The third-order valence-corrected chi connectivity index (χ3v) is 5.01. The van der Waals surface area contributed by atoms with Gasteiger partial charge in [0.05, 0.1) is 11.0 Å². The first-order valence-corrected chi connectivity index (χ1v) is 7.58. The van der Waals surface area contributed by atoms with Crippen molar-refractivity contribution in [1.29, 1.82) is 0 Å². The molecule has 0 fully saturated rings. The average molecular weight is 347 g/mol. The van der Waals surface area contributed by atoms with Gasteiger partial charge in [0.15, 0.2) is 0 Å². The van der Waals surface area contributed by atoms with Crippen molar-refractivity contribution in [2.45, 2.75) is 26.4 Å². The van der Waals surface area contributed by atoms with Crippen LogP contribution in [0.1, 0.15) is 29.7 Å². The van der Waals surface area contributed by atoms with Gasteiger partial charge in [0.25, 0.3) is 5.69 Å². The van der Waals surface area contributed by atoms with Crippen LogP contribution in [0.2, 0.25) is 0 Å². The van der Waals surface area contributed by atoms with Gasteiger partial charge in [-0.15, -0.1) is 0 Å². The zero-order valence-corrected chi connectivity index (χ0v) is 13.4. The maximum Gasteiger partial charge on any atom is 0.296 e. The number of hydrogen-bond acceptors (Lipinski definition) is 3. The van der Waals surface area contributed by atoms with Gasteiger partial charge in [-0.1, -0.05) is 40.2 Å². The number of fused-ring (bicyclic) bond motifs is 1. The number of rotatable bonds is 2. The van der Waals surface area contributed by atoms with Crippen LogP contribution in [-0.2, 0) is 6.54 Å². The lowest BCUT2D eigenvalue weighted by Gasteiger charge is -2.24. The Bertz CT molecular complexity index is 730. The standard InChI is InChI=1S/C16H15BrN2O2/c1-10-14(17)7-8-15(16(10)19(20)21)18-9-12-5-3-4-6-13(12)11(18)2/h3-8,11H,9H2,1-2H3. The lowest BCUT2D eigenvalue weighted by atomic mass is 10.1. The summed E-state index contributed by atoms with van der Waals surface area (Å²) in [4.78, 5) is 13.3. The first kappa shape index (κ1) is 14.1. The second-order valence-electron chi connectivity index (χ2n) is 5.30. The summed E-state index contributed by atoms with van der Waals surface area (Å²) in [6.45, 7) is 4.58. The SMILES string of the molecule is Cc1c(Br)ccc(N2Cc3ccccc3C2C)c1[N+](=O)[O-]. The minimum absolute atomic E-state index is 0.139. The van der Waals surface area contributed by atoms with Crippen LogP contribution in [0.4, 0.5) is 11.4 Å². The quantitative estimate of drug-likeness (QED) is 0.582. The summed E-state index contributed by atoms with van der Waals surface area (Å²) >= 11 is 3.38. The molecule has 0 N–H and O–H groups in total. The summed E-state index contributed by atoms with van der Waals surface area (Å²) in [5.41, 5.74) is 4.02. The van der Waals surface area contributed by atoms with E-state index in [0.29, 0.717) is 17.8 Å². The molecule has 1 heterocycles. The van der Waals surface area contributed by atoms with E-state index < -0.39 is 0 Å². The monoisotopic (exact) mass is 346 g/mol. The third kappa shape index (κ3) is 2.21. The van der Waals surface area contributed by atoms with E-state index in [1.54, 1.807) is 6.92 Å². The zero-order valence-electron chi connectivity index (χ0n) is 11.8. The number of nitro groups is 1. The topological polar surface area (TPSA) is 46.4 Å². The predicted octanol–water partition coefficient (Wildman–Crippen LogP) is 4.75. The summed E-state index contributed by atoms with van der Waals surface area (Å²) < 4.78 is 0.766. The molecule has 2 aromatic carbocycles. The molecular formula is C16H15BrN2O2. The van der Waals surface area contributed by atoms with Gasteiger partial charge in [-0.2, -0.15) is 0 Å². The number of anilines is 1. The van der Waals surface area contributed by atoms with E-state index in [2.05, 4.69) is 39.9 Å². The molecule has 1 atom stereocenters. The van der Waals surface area contributed by atoms with E-state index in [1.807, 2.05) is 24.3 Å². The molecule has 0 aromatic heterocycles. The number of hydrogen-bond donors (Lipinski definition) is 0. The smallest absolute Gasteiger partial charge is 0.296 e. The first-order valence-electron chi connectivity index (χ1n) is 6.78. The minimum atomic E-state index is -0.287. The maximum absolute atomic E-state index is 11.5. The van der Waals surface area contributed by atoms with E-state index in [4.69, 9.17) is 0 Å². The lowest BCUT2D eigenvalue weighted by molar-refractivity contribution is -0.384. The molecule has 0 aliphatic carbocycles. The van der Waals surface area contributed by atoms with E-state index in [9.17, 15) is 10.1 Å². The maximum atomic E-state index is 11.5. The fourth-order valence-corrected chi connectivity index (χ4v) is 3.31. The predicted molar refractivity (Wildman–Crippen MR) is 86.6 cm³/mol. The summed E-state index contributed by atoms with van der Waals surface area (Å²) in [6, 6.07) is 12.1. The van der Waals surface area contributed by atoms with Gasteiger partial charge in [0.1, 0.15) is 5.69 Å². The van der Waals surface area contributed by atoms with E-state index in [1.165, 1.54) is 11.1 Å². The van der Waals surface area contributed by atoms with Crippen LogP contribution < -0.4 is 4.90 Å². The van der Waals surface area contributed by atoms with Crippen LogP contribution in [0.25, 0.3) is 0 Å². The Hall–Kier alpha value is -1.88. The molecule has 4 nitrogen and oxygen atoms in total. The number of nitro benzene ring substituents is 1. The summed E-state index contributed by atoms with van der Waals surface area (Å²) in [5.74, 6) is 0.